The predicted octanol–water partition coefficient (Wildman–Crippen LogP) is 1.54. The smallest absolute Gasteiger partial charge is 0.317 e. The highest BCUT2D eigenvalue weighted by atomic mass is 32.2. The molecular formula is C13H24N2O3S. The van der Waals surface area contributed by atoms with Gasteiger partial charge < -0.3 is 10.2 Å². The average molecular weight is 288 g/mol. The van der Waals surface area contributed by atoms with Gasteiger partial charge in [-0.05, 0) is 25.7 Å². The van der Waals surface area contributed by atoms with Crippen LogP contribution in [0.4, 0.5) is 4.79 Å². The van der Waals surface area contributed by atoms with Crippen molar-refractivity contribution < 1.29 is 13.2 Å². The molecule has 110 valence electrons. The van der Waals surface area contributed by atoms with E-state index in [1.54, 1.807) is 4.90 Å². The Kier molecular flexibility index (Phi) is 4.71. The largest absolute Gasteiger partial charge is 0.335 e. The second-order valence-corrected chi connectivity index (χ2v) is 8.13. The Bertz CT molecular complexity index is 408. The molecule has 6 heteroatoms. The van der Waals surface area contributed by atoms with Crippen LogP contribution in [0.3, 0.4) is 0 Å². The molecule has 0 radical (unpaired) electrons. The summed E-state index contributed by atoms with van der Waals surface area (Å²) in [5, 5.41) is 2.81. The first-order chi connectivity index (χ1) is 8.97. The SMILES string of the molecule is CS(=O)(=O)C1CCN(C(=O)NC2CCCCC2)CC1. The molecule has 2 rings (SSSR count). The van der Waals surface area contributed by atoms with Crippen LogP contribution in [0, 0.1) is 0 Å². The van der Waals surface area contributed by atoms with Crippen LogP contribution in [-0.2, 0) is 9.84 Å². The minimum Gasteiger partial charge on any atom is -0.335 e. The van der Waals surface area contributed by atoms with Crippen molar-refractivity contribution in [1.82, 2.24) is 10.2 Å². The van der Waals surface area contributed by atoms with Crippen LogP contribution in [-0.4, -0.2) is 50.0 Å². The Hall–Kier alpha value is -0.780. The Morgan fingerprint density at radius 1 is 1.05 bits per heavy atom. The normalized spacial score (nSPS) is 23.3. The highest BCUT2D eigenvalue weighted by Gasteiger charge is 2.29. The summed E-state index contributed by atoms with van der Waals surface area (Å²) >= 11 is 0. The Balaban J connectivity index is 1.79. The van der Waals surface area contributed by atoms with Gasteiger partial charge in [0.2, 0.25) is 0 Å². The van der Waals surface area contributed by atoms with Crippen LogP contribution < -0.4 is 5.32 Å². The van der Waals surface area contributed by atoms with Gasteiger partial charge in [0.05, 0.1) is 5.25 Å². The number of nitrogens with one attached hydrogen (secondary N) is 1. The summed E-state index contributed by atoms with van der Waals surface area (Å²) < 4.78 is 22.9. The maximum Gasteiger partial charge on any atom is 0.317 e. The summed E-state index contributed by atoms with van der Waals surface area (Å²) in [4.78, 5) is 13.8. The van der Waals surface area contributed by atoms with Crippen LogP contribution in [0.15, 0.2) is 0 Å². The molecule has 19 heavy (non-hydrogen) atoms. The van der Waals surface area contributed by atoms with Crippen molar-refractivity contribution in [3.05, 3.63) is 0 Å². The number of sulfone groups is 1. The van der Waals surface area contributed by atoms with E-state index < -0.39 is 9.84 Å². The number of hydrogen-bond donors (Lipinski definition) is 1. The van der Waals surface area contributed by atoms with Crippen molar-refractivity contribution in [2.24, 2.45) is 0 Å². The van der Waals surface area contributed by atoms with E-state index in [0.29, 0.717) is 32.0 Å². The molecule has 1 aliphatic carbocycles. The van der Waals surface area contributed by atoms with Crippen molar-refractivity contribution in [3.8, 4) is 0 Å². The van der Waals surface area contributed by atoms with Crippen LogP contribution in [0.5, 0.6) is 0 Å². The molecule has 0 aromatic carbocycles. The summed E-state index contributed by atoms with van der Waals surface area (Å²) in [7, 11) is -2.96. The van der Waals surface area contributed by atoms with Crippen molar-refractivity contribution in [1.29, 1.82) is 0 Å². The molecule has 0 unspecified atom stereocenters. The van der Waals surface area contributed by atoms with Crippen LogP contribution >= 0.6 is 0 Å². The van der Waals surface area contributed by atoms with Gasteiger partial charge in [-0.1, -0.05) is 19.3 Å². The summed E-state index contributed by atoms with van der Waals surface area (Å²) in [6.07, 6.45) is 8.23. The van der Waals surface area contributed by atoms with Gasteiger partial charge >= 0.3 is 6.03 Å². The summed E-state index contributed by atoms with van der Waals surface area (Å²) in [6, 6.07) is 0.299. The first-order valence-electron chi connectivity index (χ1n) is 7.21. The minimum absolute atomic E-state index is 0.0150. The first-order valence-corrected chi connectivity index (χ1v) is 9.16. The van der Waals surface area contributed by atoms with E-state index in [2.05, 4.69) is 5.32 Å². The van der Waals surface area contributed by atoms with Gasteiger partial charge in [0, 0.05) is 25.4 Å². The first kappa shape index (κ1) is 14.6. The number of piperidine rings is 1. The zero-order chi connectivity index (χ0) is 13.9. The van der Waals surface area contributed by atoms with Gasteiger partial charge in [0.1, 0.15) is 9.84 Å². The molecule has 1 heterocycles. The molecule has 0 atom stereocenters. The van der Waals surface area contributed by atoms with Crippen molar-refractivity contribution in [3.63, 3.8) is 0 Å². The van der Waals surface area contributed by atoms with Crippen molar-refractivity contribution in [2.75, 3.05) is 19.3 Å². The van der Waals surface area contributed by atoms with Gasteiger partial charge in [0.15, 0.2) is 0 Å². The maximum atomic E-state index is 12.1. The monoisotopic (exact) mass is 288 g/mol. The van der Waals surface area contributed by atoms with Gasteiger partial charge in [-0.2, -0.15) is 0 Å². The summed E-state index contributed by atoms with van der Waals surface area (Å²) in [6.45, 7) is 1.10. The molecule has 5 nitrogen and oxygen atoms in total. The van der Waals surface area contributed by atoms with Gasteiger partial charge in [-0.25, -0.2) is 13.2 Å². The Labute approximate surface area is 115 Å². The summed E-state index contributed by atoms with van der Waals surface area (Å²) in [5.41, 5.74) is 0. The molecule has 2 fully saturated rings. The summed E-state index contributed by atoms with van der Waals surface area (Å²) in [5.74, 6) is 0. The van der Waals surface area contributed by atoms with Crippen LogP contribution in [0.1, 0.15) is 44.9 Å². The number of carbonyl (C=O) groups is 1. The van der Waals surface area contributed by atoms with Crippen LogP contribution in [0.2, 0.25) is 0 Å². The highest BCUT2D eigenvalue weighted by molar-refractivity contribution is 7.91. The Morgan fingerprint density at radius 2 is 1.63 bits per heavy atom. The lowest BCUT2D eigenvalue weighted by molar-refractivity contribution is 0.179. The van der Waals surface area contributed by atoms with E-state index in [9.17, 15) is 13.2 Å². The topological polar surface area (TPSA) is 66.5 Å². The van der Waals surface area contributed by atoms with E-state index in [0.717, 1.165) is 12.8 Å². The number of hydrogen-bond acceptors (Lipinski definition) is 3. The van der Waals surface area contributed by atoms with E-state index >= 15 is 0 Å². The lowest BCUT2D eigenvalue weighted by Crippen LogP contribution is -2.49. The number of likely N-dealkylation sites (tertiary alicyclic amines) is 1. The second-order valence-electron chi connectivity index (χ2n) is 5.80. The van der Waals surface area contributed by atoms with Gasteiger partial charge in [-0.3, -0.25) is 0 Å². The number of amides is 2. The lowest BCUT2D eigenvalue weighted by Gasteiger charge is -2.33. The molecule has 0 aromatic heterocycles. The fraction of sp³-hybridized carbons (Fsp3) is 0.923. The third-order valence-corrected chi connectivity index (χ3v) is 5.95. The van der Waals surface area contributed by atoms with E-state index in [1.807, 2.05) is 0 Å². The minimum atomic E-state index is -2.96. The van der Waals surface area contributed by atoms with Gasteiger partial charge in [-0.15, -0.1) is 0 Å². The third kappa shape index (κ3) is 4.09. The molecule has 2 amide bonds. The molecule has 0 aromatic rings. The molecule has 1 N–H and O–H groups in total. The van der Waals surface area contributed by atoms with E-state index in [1.165, 1.54) is 25.5 Å². The van der Waals surface area contributed by atoms with E-state index in [-0.39, 0.29) is 11.3 Å². The standard InChI is InChI=1S/C13H24N2O3S/c1-19(17,18)12-7-9-15(10-8-12)13(16)14-11-5-3-2-4-6-11/h11-12H,2-10H2,1H3,(H,14,16). The van der Waals surface area contributed by atoms with Gasteiger partial charge in [0.25, 0.3) is 0 Å². The second kappa shape index (κ2) is 6.11. The maximum absolute atomic E-state index is 12.1. The third-order valence-electron chi connectivity index (χ3n) is 4.27. The molecule has 1 aliphatic heterocycles. The fourth-order valence-corrected chi connectivity index (χ4v) is 4.07. The van der Waals surface area contributed by atoms with Crippen LogP contribution in [0.25, 0.3) is 0 Å². The number of rotatable bonds is 2. The molecule has 1 saturated heterocycles. The fourth-order valence-electron chi connectivity index (χ4n) is 3.00. The molecular weight excluding hydrogens is 264 g/mol. The number of urea groups is 1. The number of carbonyl (C=O) groups excluding carboxylic acids is 1. The Morgan fingerprint density at radius 3 is 2.16 bits per heavy atom. The lowest BCUT2D eigenvalue weighted by atomic mass is 9.96. The number of nitrogens with zero attached hydrogens (tertiary/aromatic N) is 1. The quantitative estimate of drug-likeness (QED) is 0.838. The van der Waals surface area contributed by atoms with Crippen molar-refractivity contribution in [2.45, 2.75) is 56.2 Å². The molecule has 2 aliphatic rings. The molecule has 0 bridgehead atoms. The predicted molar refractivity (Wildman–Crippen MR) is 74.8 cm³/mol. The molecule has 1 saturated carbocycles. The van der Waals surface area contributed by atoms with Crippen molar-refractivity contribution >= 4 is 15.9 Å². The zero-order valence-electron chi connectivity index (χ0n) is 11.6. The van der Waals surface area contributed by atoms with E-state index in [4.69, 9.17) is 0 Å². The highest BCUT2D eigenvalue weighted by Crippen LogP contribution is 2.20. The zero-order valence-corrected chi connectivity index (χ0v) is 12.4. The average Bonchev–Trinajstić information content (AvgIpc) is 2.39. The molecule has 0 spiro atoms.